The minimum Gasteiger partial charge on any atom is -0.466 e. The molecule has 0 heterocycles. The lowest BCUT2D eigenvalue weighted by Crippen LogP contribution is -2.45. The Labute approximate surface area is 366 Å². The summed E-state index contributed by atoms with van der Waals surface area (Å²) in [5.74, 6) is -0.0903. The first-order valence-electron chi connectivity index (χ1n) is 25.7. The molecule has 0 aromatic rings. The first kappa shape index (κ1) is 57.1. The van der Waals surface area contributed by atoms with E-state index in [0.717, 1.165) is 83.5 Å². The van der Waals surface area contributed by atoms with Gasteiger partial charge in [-0.3, -0.25) is 9.59 Å². The minimum atomic E-state index is -0.679. The highest BCUT2D eigenvalue weighted by Crippen LogP contribution is 2.15. The average molecular weight is 830 g/mol. The molecule has 0 rings (SSSR count). The standard InChI is InChI=1S/C53H99NO5/c1-3-5-7-9-11-13-15-16-17-18-19-20-21-22-27-31-35-39-43-47-53(58)59-48-44-40-36-32-28-24-23-26-30-34-38-42-46-52(57)54-50(49-55)51(56)45-41-37-33-29-25-14-12-10-8-6-4-2/h11,13,16-17,24,28,50-51,55-56H,3-10,12,14-15,18-23,25-27,29-49H2,1-2H3,(H,54,57)/b13-11-,17-16-,28-24-. The Kier molecular flexibility index (Phi) is 47.2. The second-order valence-corrected chi connectivity index (χ2v) is 17.5. The summed E-state index contributed by atoms with van der Waals surface area (Å²) < 4.78 is 5.45. The second kappa shape index (κ2) is 48.7. The van der Waals surface area contributed by atoms with E-state index in [4.69, 9.17) is 4.74 Å². The molecule has 3 N–H and O–H groups in total. The average Bonchev–Trinajstić information content (AvgIpc) is 3.24. The Morgan fingerprint density at radius 2 is 0.847 bits per heavy atom. The molecule has 0 aromatic carbocycles. The summed E-state index contributed by atoms with van der Waals surface area (Å²) in [6, 6.07) is -0.559. The fourth-order valence-corrected chi connectivity index (χ4v) is 7.66. The molecule has 0 aromatic heterocycles. The van der Waals surface area contributed by atoms with Gasteiger partial charge in [0.2, 0.25) is 5.91 Å². The van der Waals surface area contributed by atoms with E-state index in [2.05, 4.69) is 55.6 Å². The van der Waals surface area contributed by atoms with E-state index in [9.17, 15) is 19.8 Å². The SMILES string of the molecule is CCCCC/C=C\C/C=C\CCCCCCCCCCCC(=O)OCCCCC/C=C\CCCCCCCC(=O)NC(CO)C(O)CCCCCCCCCCCCC. The number of ether oxygens (including phenoxy) is 1. The fraction of sp³-hybridized carbons (Fsp3) is 0.849. The summed E-state index contributed by atoms with van der Waals surface area (Å²) in [4.78, 5) is 24.5. The molecule has 346 valence electrons. The van der Waals surface area contributed by atoms with Gasteiger partial charge in [-0.15, -0.1) is 0 Å². The highest BCUT2D eigenvalue weighted by atomic mass is 16.5. The van der Waals surface area contributed by atoms with Crippen molar-refractivity contribution in [1.82, 2.24) is 5.32 Å². The van der Waals surface area contributed by atoms with Crippen molar-refractivity contribution in [2.75, 3.05) is 13.2 Å². The first-order valence-corrected chi connectivity index (χ1v) is 25.7. The number of carbonyl (C=O) groups excluding carboxylic acids is 2. The van der Waals surface area contributed by atoms with Crippen LogP contribution in [-0.4, -0.2) is 47.4 Å². The van der Waals surface area contributed by atoms with Gasteiger partial charge in [0.25, 0.3) is 0 Å². The number of rotatable bonds is 47. The summed E-state index contributed by atoms with van der Waals surface area (Å²) in [7, 11) is 0. The molecule has 1 amide bonds. The highest BCUT2D eigenvalue weighted by Gasteiger charge is 2.20. The number of hydrogen-bond donors (Lipinski definition) is 3. The number of amides is 1. The second-order valence-electron chi connectivity index (χ2n) is 17.5. The number of carbonyl (C=O) groups is 2. The highest BCUT2D eigenvalue weighted by molar-refractivity contribution is 5.76. The van der Waals surface area contributed by atoms with Gasteiger partial charge in [0, 0.05) is 12.8 Å². The fourth-order valence-electron chi connectivity index (χ4n) is 7.66. The van der Waals surface area contributed by atoms with Crippen LogP contribution in [0.15, 0.2) is 36.5 Å². The largest absolute Gasteiger partial charge is 0.466 e. The van der Waals surface area contributed by atoms with Crippen LogP contribution in [0.1, 0.15) is 264 Å². The van der Waals surface area contributed by atoms with Gasteiger partial charge < -0.3 is 20.3 Å². The van der Waals surface area contributed by atoms with Crippen molar-refractivity contribution >= 4 is 11.9 Å². The van der Waals surface area contributed by atoms with E-state index in [0.29, 0.717) is 25.9 Å². The molecule has 0 radical (unpaired) electrons. The number of allylic oxidation sites excluding steroid dienone is 6. The molecule has 0 spiro atoms. The maximum absolute atomic E-state index is 12.4. The maximum Gasteiger partial charge on any atom is 0.305 e. The van der Waals surface area contributed by atoms with Gasteiger partial charge in [-0.2, -0.15) is 0 Å². The van der Waals surface area contributed by atoms with Crippen LogP contribution in [0, 0.1) is 0 Å². The molecule has 0 bridgehead atoms. The lowest BCUT2D eigenvalue weighted by molar-refractivity contribution is -0.143. The molecule has 2 unspecified atom stereocenters. The minimum absolute atomic E-state index is 0.0272. The zero-order valence-corrected chi connectivity index (χ0v) is 39.2. The van der Waals surface area contributed by atoms with E-state index >= 15 is 0 Å². The van der Waals surface area contributed by atoms with Crippen LogP contribution < -0.4 is 5.32 Å². The number of aliphatic hydroxyl groups is 2. The van der Waals surface area contributed by atoms with Gasteiger partial charge in [-0.1, -0.05) is 198 Å². The van der Waals surface area contributed by atoms with Crippen molar-refractivity contribution in [3.8, 4) is 0 Å². The van der Waals surface area contributed by atoms with Gasteiger partial charge in [-0.05, 0) is 89.9 Å². The van der Waals surface area contributed by atoms with Crippen molar-refractivity contribution in [2.24, 2.45) is 0 Å². The molecule has 0 aliphatic heterocycles. The maximum atomic E-state index is 12.4. The molecule has 6 nitrogen and oxygen atoms in total. The van der Waals surface area contributed by atoms with Crippen molar-refractivity contribution in [3.05, 3.63) is 36.5 Å². The van der Waals surface area contributed by atoms with Crippen molar-refractivity contribution in [3.63, 3.8) is 0 Å². The molecular weight excluding hydrogens is 731 g/mol. The Morgan fingerprint density at radius 3 is 1.34 bits per heavy atom. The summed E-state index contributed by atoms with van der Waals surface area (Å²) in [6.45, 7) is 4.85. The summed E-state index contributed by atoms with van der Waals surface area (Å²) >= 11 is 0. The molecule has 6 heteroatoms. The molecule has 0 saturated carbocycles. The van der Waals surface area contributed by atoms with E-state index in [1.807, 2.05) is 0 Å². The van der Waals surface area contributed by atoms with Gasteiger partial charge in [0.15, 0.2) is 0 Å². The Bertz CT molecular complexity index is 962. The van der Waals surface area contributed by atoms with Crippen LogP contribution >= 0.6 is 0 Å². The van der Waals surface area contributed by atoms with Crippen molar-refractivity contribution < 1.29 is 24.5 Å². The molecule has 0 aliphatic carbocycles. The molecule has 0 fully saturated rings. The Balaban J connectivity index is 3.48. The smallest absolute Gasteiger partial charge is 0.305 e. The van der Waals surface area contributed by atoms with Crippen molar-refractivity contribution in [2.45, 2.75) is 276 Å². The van der Waals surface area contributed by atoms with Crippen LogP contribution in [0.2, 0.25) is 0 Å². The predicted octanol–water partition coefficient (Wildman–Crippen LogP) is 15.3. The van der Waals surface area contributed by atoms with E-state index in [-0.39, 0.29) is 18.5 Å². The molecule has 0 saturated heterocycles. The third-order valence-corrected chi connectivity index (χ3v) is 11.7. The molecule has 0 aliphatic rings. The number of unbranched alkanes of at least 4 members (excludes halogenated alkanes) is 30. The Morgan fingerprint density at radius 1 is 0.475 bits per heavy atom. The summed E-state index contributed by atoms with van der Waals surface area (Å²) in [5, 5.41) is 23.1. The molecular formula is C53H99NO5. The van der Waals surface area contributed by atoms with E-state index in [1.54, 1.807) is 0 Å². The number of nitrogens with one attached hydrogen (secondary N) is 1. The lowest BCUT2D eigenvalue weighted by Gasteiger charge is -2.22. The van der Waals surface area contributed by atoms with Gasteiger partial charge in [0.05, 0.1) is 25.4 Å². The topological polar surface area (TPSA) is 95.9 Å². The number of aliphatic hydroxyl groups excluding tert-OH is 2. The normalized spacial score (nSPS) is 12.9. The Hall–Kier alpha value is -1.92. The third kappa shape index (κ3) is 45.4. The number of hydrogen-bond acceptors (Lipinski definition) is 5. The first-order chi connectivity index (χ1) is 29.0. The summed E-state index contributed by atoms with van der Waals surface area (Å²) in [5.41, 5.74) is 0. The van der Waals surface area contributed by atoms with E-state index in [1.165, 1.54) is 148 Å². The zero-order valence-electron chi connectivity index (χ0n) is 39.2. The third-order valence-electron chi connectivity index (χ3n) is 11.7. The summed E-state index contributed by atoms with van der Waals surface area (Å²) in [6.07, 6.45) is 58.3. The molecule has 2 atom stereocenters. The van der Waals surface area contributed by atoms with Gasteiger partial charge in [-0.25, -0.2) is 0 Å². The predicted molar refractivity (Wildman–Crippen MR) is 255 cm³/mol. The van der Waals surface area contributed by atoms with Crippen molar-refractivity contribution in [1.29, 1.82) is 0 Å². The number of esters is 1. The quantitative estimate of drug-likeness (QED) is 0.0323. The lowest BCUT2D eigenvalue weighted by atomic mass is 10.0. The zero-order chi connectivity index (χ0) is 43.0. The van der Waals surface area contributed by atoms with Gasteiger partial charge in [0.1, 0.15) is 0 Å². The van der Waals surface area contributed by atoms with E-state index < -0.39 is 12.1 Å². The monoisotopic (exact) mass is 830 g/mol. The van der Waals surface area contributed by atoms with Crippen LogP contribution in [0.5, 0.6) is 0 Å². The van der Waals surface area contributed by atoms with Crippen LogP contribution in [0.25, 0.3) is 0 Å². The van der Waals surface area contributed by atoms with Crippen LogP contribution in [-0.2, 0) is 14.3 Å². The van der Waals surface area contributed by atoms with Crippen LogP contribution in [0.3, 0.4) is 0 Å². The molecule has 59 heavy (non-hydrogen) atoms. The van der Waals surface area contributed by atoms with Gasteiger partial charge >= 0.3 is 5.97 Å². The van der Waals surface area contributed by atoms with Crippen LogP contribution in [0.4, 0.5) is 0 Å².